The molecular weight excluding hydrogens is 641 g/mol. The molecule has 2 amide bonds. The fourth-order valence-corrected chi connectivity index (χ4v) is 4.86. The predicted octanol–water partition coefficient (Wildman–Crippen LogP) is 5.03. The van der Waals surface area contributed by atoms with Gasteiger partial charge >= 0.3 is 18.0 Å². The first-order chi connectivity index (χ1) is 21.6. The van der Waals surface area contributed by atoms with E-state index in [0.29, 0.717) is 5.71 Å². The third kappa shape index (κ3) is 11.0. The third-order valence-electron chi connectivity index (χ3n) is 6.50. The number of alkyl carbamates (subject to hydrolysis) is 1. The molecule has 3 rings (SSSR count). The molecule has 0 aromatic heterocycles. The Bertz CT molecular complexity index is 1440. The van der Waals surface area contributed by atoms with E-state index < -0.39 is 66.5 Å². The Morgan fingerprint density at radius 1 is 0.957 bits per heavy atom. The largest absolute Gasteiger partial charge is 0.460 e. The average Bonchev–Trinajstić information content (AvgIpc) is 3.47. The van der Waals surface area contributed by atoms with Crippen LogP contribution in [-0.2, 0) is 40.0 Å². The SMILES string of the molecule is CC(C)[C@H](NC(=O)OCc1ccccc1)C1=NOC(C(=O)N[C@@H](CC(=O)OC(C)(C)C)C(=O)COC(=O)c2c(Cl)cccc2Cl)C1. The van der Waals surface area contributed by atoms with Gasteiger partial charge in [0.1, 0.15) is 18.2 Å². The summed E-state index contributed by atoms with van der Waals surface area (Å²) in [6, 6.07) is 11.5. The Morgan fingerprint density at radius 2 is 1.61 bits per heavy atom. The number of oxime groups is 1. The summed E-state index contributed by atoms with van der Waals surface area (Å²) in [7, 11) is 0. The number of rotatable bonds is 13. The molecule has 12 nitrogen and oxygen atoms in total. The number of amides is 2. The number of carbonyl (C=O) groups excluding carboxylic acids is 5. The fourth-order valence-electron chi connectivity index (χ4n) is 4.31. The highest BCUT2D eigenvalue weighted by atomic mass is 35.5. The Balaban J connectivity index is 1.63. The van der Waals surface area contributed by atoms with Gasteiger partial charge in [-0.1, -0.05) is 78.6 Å². The first-order valence-corrected chi connectivity index (χ1v) is 15.3. The number of carbonyl (C=O) groups is 5. The highest BCUT2D eigenvalue weighted by Crippen LogP contribution is 2.25. The molecule has 14 heteroatoms. The predicted molar refractivity (Wildman–Crippen MR) is 169 cm³/mol. The fraction of sp³-hybridized carbons (Fsp3) is 0.438. The van der Waals surface area contributed by atoms with Crippen molar-refractivity contribution in [2.24, 2.45) is 11.1 Å². The lowest BCUT2D eigenvalue weighted by molar-refractivity contribution is -0.156. The number of ether oxygens (including phenoxy) is 3. The summed E-state index contributed by atoms with van der Waals surface area (Å²) in [6.45, 7) is 7.92. The Labute approximate surface area is 277 Å². The number of hydrogen-bond donors (Lipinski definition) is 2. The van der Waals surface area contributed by atoms with Crippen molar-refractivity contribution in [3.8, 4) is 0 Å². The zero-order valence-electron chi connectivity index (χ0n) is 26.1. The minimum absolute atomic E-state index is 0.0129. The summed E-state index contributed by atoms with van der Waals surface area (Å²) in [6.07, 6.45) is -2.40. The third-order valence-corrected chi connectivity index (χ3v) is 7.13. The number of ketones is 1. The van der Waals surface area contributed by atoms with Crippen molar-refractivity contribution in [2.45, 2.75) is 77.9 Å². The van der Waals surface area contributed by atoms with Crippen LogP contribution in [0.3, 0.4) is 0 Å². The van der Waals surface area contributed by atoms with Crippen molar-refractivity contribution in [2.75, 3.05) is 6.61 Å². The summed E-state index contributed by atoms with van der Waals surface area (Å²) < 4.78 is 15.8. The van der Waals surface area contributed by atoms with Crippen LogP contribution in [0.25, 0.3) is 0 Å². The van der Waals surface area contributed by atoms with Crippen molar-refractivity contribution in [1.82, 2.24) is 10.6 Å². The minimum Gasteiger partial charge on any atom is -0.460 e. The zero-order chi connectivity index (χ0) is 34.0. The van der Waals surface area contributed by atoms with Crippen LogP contribution < -0.4 is 10.6 Å². The molecule has 0 bridgehead atoms. The van der Waals surface area contributed by atoms with Crippen molar-refractivity contribution >= 4 is 58.6 Å². The lowest BCUT2D eigenvalue weighted by Crippen LogP contribution is -2.49. The molecule has 0 radical (unpaired) electrons. The molecule has 1 unspecified atom stereocenters. The molecule has 0 fully saturated rings. The van der Waals surface area contributed by atoms with Crippen LogP contribution in [0.1, 0.15) is 63.4 Å². The van der Waals surface area contributed by atoms with E-state index in [4.69, 9.17) is 42.3 Å². The van der Waals surface area contributed by atoms with Crippen LogP contribution in [0.5, 0.6) is 0 Å². The summed E-state index contributed by atoms with van der Waals surface area (Å²) in [4.78, 5) is 69.5. The van der Waals surface area contributed by atoms with Gasteiger partial charge in [-0.2, -0.15) is 0 Å². The van der Waals surface area contributed by atoms with Gasteiger partial charge in [0.25, 0.3) is 5.91 Å². The maximum atomic E-state index is 13.2. The normalized spacial score (nSPS) is 15.6. The molecule has 1 aliphatic heterocycles. The molecule has 0 saturated carbocycles. The van der Waals surface area contributed by atoms with Gasteiger partial charge < -0.3 is 29.7 Å². The number of esters is 2. The lowest BCUT2D eigenvalue weighted by atomic mass is 9.95. The number of Topliss-reactive ketones (excluding diaryl/α,β-unsaturated/α-hetero) is 1. The monoisotopic (exact) mass is 677 g/mol. The van der Waals surface area contributed by atoms with Gasteiger partial charge in [-0.05, 0) is 44.4 Å². The molecular formula is C32H37Cl2N3O9. The van der Waals surface area contributed by atoms with Gasteiger partial charge in [-0.15, -0.1) is 0 Å². The molecule has 1 aliphatic rings. The first-order valence-electron chi connectivity index (χ1n) is 14.5. The second kappa shape index (κ2) is 16.4. The minimum atomic E-state index is -1.43. The van der Waals surface area contributed by atoms with Gasteiger partial charge in [0.05, 0.1) is 33.8 Å². The lowest BCUT2D eigenvalue weighted by Gasteiger charge is -2.23. The summed E-state index contributed by atoms with van der Waals surface area (Å²) in [5, 5.41) is 9.31. The first kappa shape index (κ1) is 36.3. The molecule has 2 aromatic carbocycles. The number of hydrogen-bond acceptors (Lipinski definition) is 10. The smallest absolute Gasteiger partial charge is 0.408 e. The van der Waals surface area contributed by atoms with Gasteiger partial charge in [-0.25, -0.2) is 9.59 Å². The highest BCUT2D eigenvalue weighted by Gasteiger charge is 2.37. The van der Waals surface area contributed by atoms with Crippen LogP contribution in [-0.4, -0.2) is 65.8 Å². The van der Waals surface area contributed by atoms with E-state index >= 15 is 0 Å². The summed E-state index contributed by atoms with van der Waals surface area (Å²) >= 11 is 12.1. The van der Waals surface area contributed by atoms with E-state index in [1.165, 1.54) is 18.2 Å². The van der Waals surface area contributed by atoms with E-state index in [1.807, 2.05) is 44.2 Å². The van der Waals surface area contributed by atoms with E-state index in [9.17, 15) is 24.0 Å². The van der Waals surface area contributed by atoms with E-state index in [2.05, 4.69) is 15.8 Å². The van der Waals surface area contributed by atoms with E-state index in [-0.39, 0.29) is 34.6 Å². The quantitative estimate of drug-likeness (QED) is 0.219. The molecule has 0 aliphatic carbocycles. The summed E-state index contributed by atoms with van der Waals surface area (Å²) in [5.74, 6) is -3.42. The molecule has 46 heavy (non-hydrogen) atoms. The van der Waals surface area contributed by atoms with Crippen molar-refractivity contribution in [3.05, 3.63) is 69.7 Å². The van der Waals surface area contributed by atoms with Crippen molar-refractivity contribution < 1.29 is 43.0 Å². The molecule has 1 heterocycles. The van der Waals surface area contributed by atoms with Crippen LogP contribution in [0, 0.1) is 5.92 Å². The number of halogens is 2. The van der Waals surface area contributed by atoms with Crippen molar-refractivity contribution in [1.29, 1.82) is 0 Å². The van der Waals surface area contributed by atoms with Gasteiger partial charge in [-0.3, -0.25) is 14.4 Å². The molecule has 0 saturated heterocycles. The van der Waals surface area contributed by atoms with Gasteiger partial charge in [0.2, 0.25) is 6.10 Å². The molecule has 248 valence electrons. The summed E-state index contributed by atoms with van der Waals surface area (Å²) in [5.41, 5.74) is 0.204. The molecule has 3 atom stereocenters. The topological polar surface area (TPSA) is 159 Å². The van der Waals surface area contributed by atoms with E-state index in [1.54, 1.807) is 20.8 Å². The van der Waals surface area contributed by atoms with Crippen LogP contribution in [0.4, 0.5) is 4.79 Å². The Morgan fingerprint density at radius 3 is 2.22 bits per heavy atom. The van der Waals surface area contributed by atoms with Crippen molar-refractivity contribution in [3.63, 3.8) is 0 Å². The maximum Gasteiger partial charge on any atom is 0.408 e. The molecule has 2 N–H and O–H groups in total. The van der Waals surface area contributed by atoms with Gasteiger partial charge in [0.15, 0.2) is 12.4 Å². The number of benzene rings is 2. The van der Waals surface area contributed by atoms with Crippen LogP contribution in [0.2, 0.25) is 10.0 Å². The highest BCUT2D eigenvalue weighted by molar-refractivity contribution is 6.39. The number of nitrogens with zero attached hydrogens (tertiary/aromatic N) is 1. The average molecular weight is 679 g/mol. The van der Waals surface area contributed by atoms with Gasteiger partial charge in [0, 0.05) is 6.42 Å². The Kier molecular flexibility index (Phi) is 13.0. The zero-order valence-corrected chi connectivity index (χ0v) is 27.6. The second-order valence-corrected chi connectivity index (χ2v) is 12.6. The molecule has 0 spiro atoms. The second-order valence-electron chi connectivity index (χ2n) is 11.8. The standard InChI is InChI=1S/C32H37Cl2N3O9/c1-18(2)28(36-31(42)44-16-19-10-7-6-8-11-19)23-14-25(46-37-23)29(40)35-22(15-26(39)45-32(3,4)5)24(38)17-43-30(41)27-20(33)12-9-13-21(27)34/h6-13,18,22,25,28H,14-17H2,1-5H3,(H,35,40)(H,36,42)/t22-,25?,28-/m0/s1. The van der Waals surface area contributed by atoms with E-state index in [0.717, 1.165) is 5.56 Å². The molecule has 2 aromatic rings. The number of nitrogens with one attached hydrogen (secondary N) is 2. The van der Waals surface area contributed by atoms with Crippen LogP contribution >= 0.6 is 23.2 Å². The van der Waals surface area contributed by atoms with Crippen LogP contribution in [0.15, 0.2) is 53.7 Å². The maximum absolute atomic E-state index is 13.2. The Hall–Kier alpha value is -4.16.